The third kappa shape index (κ3) is 9.20. The zero-order chi connectivity index (χ0) is 19.6. The van der Waals surface area contributed by atoms with Gasteiger partial charge in [-0.25, -0.2) is 0 Å². The average molecular weight is 362 g/mol. The summed E-state index contributed by atoms with van der Waals surface area (Å²) in [6, 6.07) is 11.1. The van der Waals surface area contributed by atoms with Gasteiger partial charge in [-0.05, 0) is 45.5 Å². The van der Waals surface area contributed by atoms with Crippen molar-refractivity contribution in [2.75, 3.05) is 47.8 Å². The van der Waals surface area contributed by atoms with Crippen molar-refractivity contribution in [1.29, 1.82) is 0 Å². The molecule has 0 radical (unpaired) electrons. The van der Waals surface area contributed by atoms with E-state index in [0.717, 1.165) is 38.6 Å². The van der Waals surface area contributed by atoms with Crippen LogP contribution in [0.15, 0.2) is 35.3 Å². The largest absolute Gasteiger partial charge is 0.356 e. The zero-order valence-electron chi connectivity index (χ0n) is 17.8. The Hall–Kier alpha value is -1.59. The van der Waals surface area contributed by atoms with E-state index in [9.17, 15) is 0 Å². The Balaban J connectivity index is 2.33. The second kappa shape index (κ2) is 11.2. The van der Waals surface area contributed by atoms with Crippen LogP contribution >= 0.6 is 0 Å². The number of benzene rings is 1. The molecule has 5 nitrogen and oxygen atoms in total. The Labute approximate surface area is 160 Å². The average Bonchev–Trinajstić information content (AvgIpc) is 2.57. The van der Waals surface area contributed by atoms with Gasteiger partial charge in [-0.15, -0.1) is 0 Å². The second-order valence-electron chi connectivity index (χ2n) is 8.29. The Morgan fingerprint density at radius 3 is 2.35 bits per heavy atom. The van der Waals surface area contributed by atoms with Gasteiger partial charge in [-0.3, -0.25) is 9.89 Å². The fourth-order valence-corrected chi connectivity index (χ4v) is 3.10. The van der Waals surface area contributed by atoms with Crippen LogP contribution in [0.3, 0.4) is 0 Å². The van der Waals surface area contributed by atoms with Gasteiger partial charge in [0, 0.05) is 39.3 Å². The minimum absolute atomic E-state index is 0.199. The molecule has 148 valence electrons. The highest BCUT2D eigenvalue weighted by Gasteiger charge is 2.19. The number of guanidine groups is 1. The standard InChI is InChI=1S/C21H39N5/c1-18(26(7)15-19-11-9-8-10-12-19)13-14-23-20(22-4)24-16-21(2,3)17-25(5)6/h8-12,18H,13-17H2,1-7H3,(H2,22,23,24). The maximum absolute atomic E-state index is 4.35. The Morgan fingerprint density at radius 2 is 1.77 bits per heavy atom. The molecule has 0 heterocycles. The van der Waals surface area contributed by atoms with Crippen LogP contribution < -0.4 is 10.6 Å². The van der Waals surface area contributed by atoms with E-state index in [2.05, 4.69) is 97.7 Å². The summed E-state index contributed by atoms with van der Waals surface area (Å²) < 4.78 is 0. The normalized spacial score (nSPS) is 14.0. The Kier molecular flexibility index (Phi) is 9.66. The molecule has 26 heavy (non-hydrogen) atoms. The molecule has 0 aliphatic heterocycles. The molecular formula is C21H39N5. The van der Waals surface area contributed by atoms with E-state index in [1.807, 2.05) is 7.05 Å². The third-order valence-corrected chi connectivity index (χ3v) is 4.58. The molecule has 1 unspecified atom stereocenters. The smallest absolute Gasteiger partial charge is 0.190 e. The SMILES string of the molecule is CN=C(NCCC(C)N(C)Cc1ccccc1)NCC(C)(C)CN(C)C. The van der Waals surface area contributed by atoms with Crippen molar-refractivity contribution >= 4 is 5.96 Å². The highest BCUT2D eigenvalue weighted by atomic mass is 15.2. The summed E-state index contributed by atoms with van der Waals surface area (Å²) in [6.45, 7) is 10.7. The first kappa shape index (κ1) is 22.5. The Morgan fingerprint density at radius 1 is 1.12 bits per heavy atom. The van der Waals surface area contributed by atoms with Crippen molar-refractivity contribution in [1.82, 2.24) is 20.4 Å². The molecule has 0 aliphatic carbocycles. The number of nitrogens with one attached hydrogen (secondary N) is 2. The van der Waals surface area contributed by atoms with E-state index in [0.29, 0.717) is 6.04 Å². The van der Waals surface area contributed by atoms with Gasteiger partial charge in [0.25, 0.3) is 0 Å². The van der Waals surface area contributed by atoms with Crippen LogP contribution in [0.1, 0.15) is 32.8 Å². The molecule has 1 atom stereocenters. The van der Waals surface area contributed by atoms with Crippen molar-refractivity contribution < 1.29 is 0 Å². The molecule has 1 rings (SSSR count). The molecular weight excluding hydrogens is 322 g/mol. The van der Waals surface area contributed by atoms with Crippen LogP contribution in [0.2, 0.25) is 0 Å². The molecule has 0 saturated heterocycles. The first-order chi connectivity index (χ1) is 12.2. The van der Waals surface area contributed by atoms with Crippen LogP contribution in [0, 0.1) is 5.41 Å². The summed E-state index contributed by atoms with van der Waals surface area (Å²) in [7, 11) is 8.25. The van der Waals surface area contributed by atoms with Gasteiger partial charge in [-0.2, -0.15) is 0 Å². The molecule has 0 amide bonds. The highest BCUT2D eigenvalue weighted by Crippen LogP contribution is 2.14. The van der Waals surface area contributed by atoms with E-state index >= 15 is 0 Å². The van der Waals surface area contributed by atoms with Crippen molar-refractivity contribution in [3.8, 4) is 0 Å². The molecule has 0 fully saturated rings. The summed E-state index contributed by atoms with van der Waals surface area (Å²) in [4.78, 5) is 8.97. The van der Waals surface area contributed by atoms with Gasteiger partial charge in [-0.1, -0.05) is 44.2 Å². The van der Waals surface area contributed by atoms with E-state index in [1.165, 1.54) is 5.56 Å². The molecule has 5 heteroatoms. The molecule has 2 N–H and O–H groups in total. The number of aliphatic imine (C=N–C) groups is 1. The van der Waals surface area contributed by atoms with Crippen molar-refractivity contribution in [2.45, 2.75) is 39.8 Å². The van der Waals surface area contributed by atoms with Gasteiger partial charge in [0.15, 0.2) is 5.96 Å². The van der Waals surface area contributed by atoms with Crippen LogP contribution in [0.25, 0.3) is 0 Å². The van der Waals surface area contributed by atoms with Crippen molar-refractivity contribution in [3.63, 3.8) is 0 Å². The summed E-state index contributed by atoms with van der Waals surface area (Å²) in [5, 5.41) is 6.90. The van der Waals surface area contributed by atoms with E-state index in [1.54, 1.807) is 0 Å². The highest BCUT2D eigenvalue weighted by molar-refractivity contribution is 5.79. The number of rotatable bonds is 10. The monoisotopic (exact) mass is 361 g/mol. The fourth-order valence-electron chi connectivity index (χ4n) is 3.10. The van der Waals surface area contributed by atoms with Crippen LogP contribution in [-0.2, 0) is 6.54 Å². The van der Waals surface area contributed by atoms with E-state index in [-0.39, 0.29) is 5.41 Å². The van der Waals surface area contributed by atoms with Crippen LogP contribution in [0.5, 0.6) is 0 Å². The molecule has 0 aliphatic rings. The number of nitrogens with zero attached hydrogens (tertiary/aromatic N) is 3. The molecule has 0 aromatic heterocycles. The van der Waals surface area contributed by atoms with Crippen LogP contribution in [0.4, 0.5) is 0 Å². The second-order valence-corrected chi connectivity index (χ2v) is 8.29. The molecule has 0 spiro atoms. The lowest BCUT2D eigenvalue weighted by Crippen LogP contribution is -2.45. The third-order valence-electron chi connectivity index (χ3n) is 4.58. The van der Waals surface area contributed by atoms with Crippen LogP contribution in [-0.4, -0.2) is 69.6 Å². The molecule has 1 aromatic rings. The van der Waals surface area contributed by atoms with Gasteiger partial charge in [0.2, 0.25) is 0 Å². The predicted molar refractivity (Wildman–Crippen MR) is 114 cm³/mol. The van der Waals surface area contributed by atoms with Gasteiger partial charge < -0.3 is 15.5 Å². The number of hydrogen-bond donors (Lipinski definition) is 2. The maximum Gasteiger partial charge on any atom is 0.190 e. The van der Waals surface area contributed by atoms with Gasteiger partial charge in [0.05, 0.1) is 0 Å². The Bertz CT molecular complexity index is 524. The quantitative estimate of drug-likeness (QED) is 0.497. The summed E-state index contributed by atoms with van der Waals surface area (Å²) >= 11 is 0. The molecule has 1 aromatic carbocycles. The predicted octanol–water partition coefficient (Wildman–Crippen LogP) is 2.65. The topological polar surface area (TPSA) is 42.9 Å². The first-order valence-electron chi connectivity index (χ1n) is 9.57. The summed E-state index contributed by atoms with van der Waals surface area (Å²) in [5.41, 5.74) is 1.56. The summed E-state index contributed by atoms with van der Waals surface area (Å²) in [6.07, 6.45) is 1.07. The minimum atomic E-state index is 0.199. The number of hydrogen-bond acceptors (Lipinski definition) is 3. The van der Waals surface area contributed by atoms with Gasteiger partial charge >= 0.3 is 0 Å². The van der Waals surface area contributed by atoms with Gasteiger partial charge in [0.1, 0.15) is 0 Å². The lowest BCUT2D eigenvalue weighted by atomic mass is 9.93. The minimum Gasteiger partial charge on any atom is -0.356 e. The summed E-state index contributed by atoms with van der Waals surface area (Å²) in [5.74, 6) is 0.884. The van der Waals surface area contributed by atoms with E-state index < -0.39 is 0 Å². The lowest BCUT2D eigenvalue weighted by Gasteiger charge is -2.29. The van der Waals surface area contributed by atoms with Crippen molar-refractivity contribution in [2.24, 2.45) is 10.4 Å². The van der Waals surface area contributed by atoms with Crippen molar-refractivity contribution in [3.05, 3.63) is 35.9 Å². The van der Waals surface area contributed by atoms with E-state index in [4.69, 9.17) is 0 Å². The first-order valence-corrected chi connectivity index (χ1v) is 9.57. The fraction of sp³-hybridized carbons (Fsp3) is 0.667. The zero-order valence-corrected chi connectivity index (χ0v) is 17.8. The molecule has 0 bridgehead atoms. The molecule has 0 saturated carbocycles. The maximum atomic E-state index is 4.35. The lowest BCUT2D eigenvalue weighted by molar-refractivity contribution is 0.237.